The highest BCUT2D eigenvalue weighted by atomic mass is 16.6. The van der Waals surface area contributed by atoms with Crippen LogP contribution >= 0.6 is 0 Å². The molecule has 0 saturated carbocycles. The van der Waals surface area contributed by atoms with Crippen molar-refractivity contribution >= 4 is 17.7 Å². The van der Waals surface area contributed by atoms with E-state index in [1.54, 1.807) is 33.9 Å². The number of aromatic nitrogens is 2. The predicted molar refractivity (Wildman–Crippen MR) is 57.5 cm³/mol. The van der Waals surface area contributed by atoms with Crippen LogP contribution in [0.25, 0.3) is 0 Å². The van der Waals surface area contributed by atoms with E-state index in [-0.39, 0.29) is 0 Å². The summed E-state index contributed by atoms with van der Waals surface area (Å²) in [5.41, 5.74) is 5.03. The van der Waals surface area contributed by atoms with E-state index in [0.717, 1.165) is 0 Å². The van der Waals surface area contributed by atoms with Gasteiger partial charge >= 0.3 is 6.09 Å². The Kier molecular flexibility index (Phi) is 2.88. The third-order valence-electron chi connectivity index (χ3n) is 1.55. The molecular weight excluding hydrogens is 196 g/mol. The highest BCUT2D eigenvalue weighted by molar-refractivity contribution is 5.84. The van der Waals surface area contributed by atoms with E-state index in [1.807, 2.05) is 0 Å². The van der Waals surface area contributed by atoms with Gasteiger partial charge in [0.1, 0.15) is 11.4 Å². The number of nitrogens with zero attached hydrogens (tertiary/aromatic N) is 2. The lowest BCUT2D eigenvalue weighted by Crippen LogP contribution is -2.27. The van der Waals surface area contributed by atoms with Crippen LogP contribution in [-0.2, 0) is 11.8 Å². The molecule has 15 heavy (non-hydrogen) atoms. The van der Waals surface area contributed by atoms with E-state index in [1.165, 1.54) is 4.68 Å². The van der Waals surface area contributed by atoms with E-state index in [0.29, 0.717) is 11.6 Å². The number of hydrogen-bond acceptors (Lipinski definition) is 4. The molecule has 0 aliphatic heterocycles. The lowest BCUT2D eigenvalue weighted by Gasteiger charge is -2.18. The molecule has 0 fully saturated rings. The molecule has 3 N–H and O–H groups in total. The van der Waals surface area contributed by atoms with E-state index >= 15 is 0 Å². The maximum Gasteiger partial charge on any atom is 0.413 e. The van der Waals surface area contributed by atoms with Gasteiger partial charge in [0.05, 0.1) is 0 Å². The number of nitrogens with one attached hydrogen (secondary N) is 1. The standard InChI is InChI=1S/C9H16N4O2/c1-9(2,3)15-8(14)11-7-5-6(10)13(4)12-7/h5H,10H2,1-4H3,(H,11,12,14). The Morgan fingerprint density at radius 1 is 1.60 bits per heavy atom. The first-order chi connectivity index (χ1) is 6.78. The summed E-state index contributed by atoms with van der Waals surface area (Å²) >= 11 is 0. The van der Waals surface area contributed by atoms with Crippen molar-refractivity contribution in [2.45, 2.75) is 26.4 Å². The molecule has 0 atom stereocenters. The predicted octanol–water partition coefficient (Wildman–Crippen LogP) is 1.35. The van der Waals surface area contributed by atoms with Crippen LogP contribution < -0.4 is 11.1 Å². The van der Waals surface area contributed by atoms with Crippen molar-refractivity contribution in [3.63, 3.8) is 0 Å². The van der Waals surface area contributed by atoms with Crippen molar-refractivity contribution < 1.29 is 9.53 Å². The molecule has 1 heterocycles. The lowest BCUT2D eigenvalue weighted by molar-refractivity contribution is 0.0635. The minimum atomic E-state index is -0.541. The molecule has 0 aliphatic rings. The molecule has 6 nitrogen and oxygen atoms in total. The molecular formula is C9H16N4O2. The molecule has 0 radical (unpaired) electrons. The second-order valence-corrected chi connectivity index (χ2v) is 4.20. The highest BCUT2D eigenvalue weighted by Crippen LogP contribution is 2.12. The lowest BCUT2D eigenvalue weighted by atomic mass is 10.2. The van der Waals surface area contributed by atoms with Crippen LogP contribution in [0.2, 0.25) is 0 Å². The summed E-state index contributed by atoms with van der Waals surface area (Å²) in [5, 5.41) is 6.45. The van der Waals surface area contributed by atoms with Crippen LogP contribution in [0, 0.1) is 0 Å². The minimum Gasteiger partial charge on any atom is -0.444 e. The van der Waals surface area contributed by atoms with Crippen LogP contribution in [-0.4, -0.2) is 21.5 Å². The Hall–Kier alpha value is -1.72. The second-order valence-electron chi connectivity index (χ2n) is 4.20. The number of aryl methyl sites for hydroxylation is 1. The molecule has 0 saturated heterocycles. The van der Waals surface area contributed by atoms with Gasteiger partial charge in [-0.3, -0.25) is 10.00 Å². The van der Waals surface area contributed by atoms with E-state index in [9.17, 15) is 4.79 Å². The largest absolute Gasteiger partial charge is 0.444 e. The number of amides is 1. The zero-order chi connectivity index (χ0) is 11.6. The number of carbonyl (C=O) groups is 1. The number of nitrogens with two attached hydrogens (primary N) is 1. The maximum absolute atomic E-state index is 11.3. The zero-order valence-electron chi connectivity index (χ0n) is 9.37. The van der Waals surface area contributed by atoms with Crippen LogP contribution in [0.1, 0.15) is 20.8 Å². The smallest absolute Gasteiger partial charge is 0.413 e. The average Bonchev–Trinajstić information content (AvgIpc) is 2.26. The van der Waals surface area contributed by atoms with E-state index in [4.69, 9.17) is 10.5 Å². The zero-order valence-corrected chi connectivity index (χ0v) is 9.37. The number of rotatable bonds is 1. The molecule has 0 aliphatic carbocycles. The fourth-order valence-electron chi connectivity index (χ4n) is 0.951. The van der Waals surface area contributed by atoms with Crippen LogP contribution in [0.3, 0.4) is 0 Å². The van der Waals surface area contributed by atoms with E-state index < -0.39 is 11.7 Å². The molecule has 1 aromatic rings. The number of hydrogen-bond donors (Lipinski definition) is 2. The summed E-state index contributed by atoms with van der Waals surface area (Å²) in [6.07, 6.45) is -0.541. The maximum atomic E-state index is 11.3. The van der Waals surface area contributed by atoms with Crippen LogP contribution in [0.4, 0.5) is 16.4 Å². The van der Waals surface area contributed by atoms with Crippen molar-refractivity contribution in [1.29, 1.82) is 0 Å². The van der Waals surface area contributed by atoms with Gasteiger partial charge in [0.15, 0.2) is 5.82 Å². The van der Waals surface area contributed by atoms with Crippen molar-refractivity contribution in [1.82, 2.24) is 9.78 Å². The topological polar surface area (TPSA) is 82.2 Å². The van der Waals surface area contributed by atoms with Gasteiger partial charge in [-0.1, -0.05) is 0 Å². The SMILES string of the molecule is Cn1nc(NC(=O)OC(C)(C)C)cc1N. The Labute approximate surface area is 88.4 Å². The second kappa shape index (κ2) is 3.80. The van der Waals surface area contributed by atoms with E-state index in [2.05, 4.69) is 10.4 Å². The summed E-state index contributed by atoms with van der Waals surface area (Å²) < 4.78 is 6.52. The third-order valence-corrected chi connectivity index (χ3v) is 1.55. The molecule has 6 heteroatoms. The first kappa shape index (κ1) is 11.4. The molecule has 0 bridgehead atoms. The fourth-order valence-corrected chi connectivity index (χ4v) is 0.951. The van der Waals surface area contributed by atoms with Crippen molar-refractivity contribution in [3.05, 3.63) is 6.07 Å². The Morgan fingerprint density at radius 2 is 2.20 bits per heavy atom. The molecule has 1 aromatic heterocycles. The Morgan fingerprint density at radius 3 is 2.60 bits per heavy atom. The number of nitrogen functional groups attached to an aromatic ring is 1. The molecule has 0 aromatic carbocycles. The van der Waals surface area contributed by atoms with Gasteiger partial charge in [-0.25, -0.2) is 4.79 Å². The van der Waals surface area contributed by atoms with Gasteiger partial charge in [0.25, 0.3) is 0 Å². The van der Waals surface area contributed by atoms with Crippen molar-refractivity contribution in [2.75, 3.05) is 11.1 Å². The number of carbonyl (C=O) groups excluding carboxylic acids is 1. The average molecular weight is 212 g/mol. The van der Waals surface area contributed by atoms with Crippen LogP contribution in [0.5, 0.6) is 0 Å². The third kappa shape index (κ3) is 3.49. The van der Waals surface area contributed by atoms with Crippen molar-refractivity contribution in [2.24, 2.45) is 7.05 Å². The van der Waals surface area contributed by atoms with Gasteiger partial charge < -0.3 is 10.5 Å². The normalized spacial score (nSPS) is 11.2. The first-order valence-corrected chi connectivity index (χ1v) is 4.57. The van der Waals surface area contributed by atoms with Gasteiger partial charge in [-0.2, -0.15) is 5.10 Å². The Bertz CT molecular complexity index is 345. The number of ether oxygens (including phenoxy) is 1. The molecule has 0 unspecified atom stereocenters. The summed E-state index contributed by atoms with van der Waals surface area (Å²) in [4.78, 5) is 11.3. The summed E-state index contributed by atoms with van der Waals surface area (Å²) in [6.45, 7) is 5.37. The van der Waals surface area contributed by atoms with Gasteiger partial charge in [0, 0.05) is 13.1 Å². The monoisotopic (exact) mass is 212 g/mol. The van der Waals surface area contributed by atoms with Gasteiger partial charge in [-0.15, -0.1) is 0 Å². The highest BCUT2D eigenvalue weighted by Gasteiger charge is 2.17. The Balaban J connectivity index is 2.59. The summed E-state index contributed by atoms with van der Waals surface area (Å²) in [5.74, 6) is 0.852. The molecule has 1 rings (SSSR count). The fraction of sp³-hybridized carbons (Fsp3) is 0.556. The quantitative estimate of drug-likeness (QED) is 0.736. The molecule has 84 valence electrons. The molecule has 0 spiro atoms. The number of anilines is 2. The van der Waals surface area contributed by atoms with Gasteiger partial charge in [-0.05, 0) is 20.8 Å². The first-order valence-electron chi connectivity index (χ1n) is 4.57. The minimum absolute atomic E-state index is 0.379. The van der Waals surface area contributed by atoms with Crippen LogP contribution in [0.15, 0.2) is 6.07 Å². The molecule has 1 amide bonds. The van der Waals surface area contributed by atoms with Gasteiger partial charge in [0.2, 0.25) is 0 Å². The van der Waals surface area contributed by atoms with Crippen molar-refractivity contribution in [3.8, 4) is 0 Å². The summed E-state index contributed by atoms with van der Waals surface area (Å²) in [7, 11) is 1.69. The summed E-state index contributed by atoms with van der Waals surface area (Å²) in [6, 6.07) is 1.56.